The molecule has 0 fully saturated rings. The van der Waals surface area contributed by atoms with Gasteiger partial charge in [0.05, 0.1) is 5.69 Å². The van der Waals surface area contributed by atoms with Gasteiger partial charge in [-0.2, -0.15) is 0 Å². The van der Waals surface area contributed by atoms with Crippen LogP contribution in [0.15, 0.2) is 18.2 Å². The van der Waals surface area contributed by atoms with Gasteiger partial charge in [-0.05, 0) is 12.1 Å². The Balaban J connectivity index is 0.00000256. The third-order valence-corrected chi connectivity index (χ3v) is 1.81. The number of nitrogens with one attached hydrogen (secondary N) is 1. The maximum Gasteiger partial charge on any atom is 0.311 e. The molecule has 1 aromatic rings. The number of para-hydroxylation sites is 1. The number of carbonyl (C=O) groups excluding carboxylic acids is 2. The summed E-state index contributed by atoms with van der Waals surface area (Å²) in [4.78, 5) is 22.0. The van der Waals surface area contributed by atoms with Crippen molar-refractivity contribution in [3.63, 3.8) is 0 Å². The summed E-state index contributed by atoms with van der Waals surface area (Å²) in [5, 5.41) is 12.0. The molecule has 0 heterocycles. The van der Waals surface area contributed by atoms with Crippen LogP contribution < -0.4 is 10.1 Å². The number of esters is 1. The van der Waals surface area contributed by atoms with Crippen LogP contribution in [0.1, 0.15) is 20.3 Å². The maximum atomic E-state index is 11.1. The number of hydrogen-bond acceptors (Lipinski definition) is 4. The van der Waals surface area contributed by atoms with E-state index in [1.807, 2.05) is 0 Å². The van der Waals surface area contributed by atoms with Gasteiger partial charge in [0.25, 0.3) is 0 Å². The number of anilines is 1. The van der Waals surface area contributed by atoms with E-state index in [4.69, 9.17) is 4.74 Å². The Kier molecular flexibility index (Phi) is 5.70. The normalized spacial score (nSPS) is 9.06. The van der Waals surface area contributed by atoms with E-state index in [1.165, 1.54) is 13.0 Å². The first kappa shape index (κ1) is 14.9. The molecular formula is C11H15NO5. The van der Waals surface area contributed by atoms with E-state index in [2.05, 4.69) is 5.32 Å². The highest BCUT2D eigenvalue weighted by molar-refractivity contribution is 5.91. The van der Waals surface area contributed by atoms with Gasteiger partial charge in [0, 0.05) is 13.3 Å². The quantitative estimate of drug-likeness (QED) is 0.603. The molecule has 0 aliphatic heterocycles. The van der Waals surface area contributed by atoms with Crippen LogP contribution in [-0.2, 0) is 9.59 Å². The molecule has 0 radical (unpaired) electrons. The molecule has 0 saturated carbocycles. The van der Waals surface area contributed by atoms with Crippen molar-refractivity contribution in [1.82, 2.24) is 0 Å². The van der Waals surface area contributed by atoms with Gasteiger partial charge >= 0.3 is 5.97 Å². The highest BCUT2D eigenvalue weighted by Crippen LogP contribution is 2.34. The molecule has 0 aliphatic carbocycles. The van der Waals surface area contributed by atoms with E-state index < -0.39 is 5.97 Å². The number of phenols is 1. The first-order valence-corrected chi connectivity index (χ1v) is 4.84. The number of phenolic OH excluding ortho intramolecular Hbond substituents is 1. The summed E-state index contributed by atoms with van der Waals surface area (Å²) in [7, 11) is 0. The number of rotatable bonds is 3. The Labute approximate surface area is 98.5 Å². The average Bonchev–Trinajstić information content (AvgIpc) is 2.22. The van der Waals surface area contributed by atoms with Crippen molar-refractivity contribution in [2.45, 2.75) is 20.3 Å². The number of carbonyl (C=O) groups is 2. The number of hydrogen-bond donors (Lipinski definition) is 2. The molecule has 6 heteroatoms. The topological polar surface area (TPSA) is 107 Å². The largest absolute Gasteiger partial charge is 0.504 e. The summed E-state index contributed by atoms with van der Waals surface area (Å²) >= 11 is 0. The molecule has 6 nitrogen and oxygen atoms in total. The molecule has 0 atom stereocenters. The van der Waals surface area contributed by atoms with Crippen LogP contribution in [0.4, 0.5) is 5.69 Å². The fraction of sp³-hybridized carbons (Fsp3) is 0.273. The smallest absolute Gasteiger partial charge is 0.311 e. The van der Waals surface area contributed by atoms with Crippen molar-refractivity contribution in [1.29, 1.82) is 0 Å². The Hall–Kier alpha value is -2.08. The summed E-state index contributed by atoms with van der Waals surface area (Å²) in [6, 6.07) is 4.47. The molecule has 0 saturated heterocycles. The fourth-order valence-electron chi connectivity index (χ4n) is 1.11. The predicted octanol–water partition coefficient (Wildman–Crippen LogP) is 0.841. The Morgan fingerprint density at radius 3 is 2.59 bits per heavy atom. The van der Waals surface area contributed by atoms with Gasteiger partial charge in [0.2, 0.25) is 5.91 Å². The molecule has 94 valence electrons. The van der Waals surface area contributed by atoms with E-state index in [9.17, 15) is 14.7 Å². The summed E-state index contributed by atoms with van der Waals surface area (Å²) in [5.74, 6) is -0.995. The van der Waals surface area contributed by atoms with E-state index in [-0.39, 0.29) is 35.0 Å². The molecule has 0 spiro atoms. The third-order valence-electron chi connectivity index (χ3n) is 1.81. The summed E-state index contributed by atoms with van der Waals surface area (Å²) in [6.07, 6.45) is 0.188. The molecule has 1 rings (SSSR count). The van der Waals surface area contributed by atoms with Crippen LogP contribution in [-0.4, -0.2) is 22.5 Å². The predicted molar refractivity (Wildman–Crippen MR) is 62.0 cm³/mol. The lowest BCUT2D eigenvalue weighted by Crippen LogP contribution is -2.11. The van der Waals surface area contributed by atoms with Crippen molar-refractivity contribution in [2.24, 2.45) is 0 Å². The van der Waals surface area contributed by atoms with E-state index in [1.54, 1.807) is 19.1 Å². The zero-order valence-electron chi connectivity index (χ0n) is 9.61. The molecule has 4 N–H and O–H groups in total. The monoisotopic (exact) mass is 241 g/mol. The minimum Gasteiger partial charge on any atom is -0.504 e. The minimum absolute atomic E-state index is 0. The number of ether oxygens (including phenoxy) is 1. The standard InChI is InChI=1S/C11H13NO4.H2O/c1-3-10(15)16-11-8(12-7(2)13)5-4-6-9(11)14;/h4-6,14H,3H2,1-2H3,(H,12,13);1H2. The molecule has 0 aromatic heterocycles. The van der Waals surface area contributed by atoms with Gasteiger partial charge in [0.15, 0.2) is 11.5 Å². The second-order valence-electron chi connectivity index (χ2n) is 3.16. The molecule has 0 aliphatic rings. The van der Waals surface area contributed by atoms with Gasteiger partial charge < -0.3 is 20.6 Å². The van der Waals surface area contributed by atoms with Gasteiger partial charge in [-0.1, -0.05) is 13.0 Å². The van der Waals surface area contributed by atoms with E-state index >= 15 is 0 Å². The fourth-order valence-corrected chi connectivity index (χ4v) is 1.11. The number of benzene rings is 1. The molecular weight excluding hydrogens is 226 g/mol. The van der Waals surface area contributed by atoms with Crippen LogP contribution in [0.2, 0.25) is 0 Å². The van der Waals surface area contributed by atoms with Crippen LogP contribution >= 0.6 is 0 Å². The first-order valence-electron chi connectivity index (χ1n) is 4.84. The maximum absolute atomic E-state index is 11.1. The van der Waals surface area contributed by atoms with E-state index in [0.717, 1.165) is 0 Å². The molecule has 0 unspecified atom stereocenters. The van der Waals surface area contributed by atoms with Crippen molar-refractivity contribution in [3.8, 4) is 11.5 Å². The molecule has 1 amide bonds. The van der Waals surface area contributed by atoms with Gasteiger partial charge in [-0.15, -0.1) is 0 Å². The van der Waals surface area contributed by atoms with Crippen LogP contribution in [0, 0.1) is 0 Å². The summed E-state index contributed by atoms with van der Waals surface area (Å²) in [6.45, 7) is 2.97. The van der Waals surface area contributed by atoms with Gasteiger partial charge in [-0.3, -0.25) is 9.59 Å². The second-order valence-corrected chi connectivity index (χ2v) is 3.16. The highest BCUT2D eigenvalue weighted by Gasteiger charge is 2.13. The Morgan fingerprint density at radius 2 is 2.06 bits per heavy atom. The summed E-state index contributed by atoms with van der Waals surface area (Å²) < 4.78 is 4.92. The third kappa shape index (κ3) is 4.12. The number of amides is 1. The van der Waals surface area contributed by atoms with Crippen molar-refractivity contribution >= 4 is 17.6 Å². The van der Waals surface area contributed by atoms with Crippen LogP contribution in [0.3, 0.4) is 0 Å². The van der Waals surface area contributed by atoms with Crippen molar-refractivity contribution in [2.75, 3.05) is 5.32 Å². The minimum atomic E-state index is -0.479. The Bertz CT molecular complexity index is 416. The van der Waals surface area contributed by atoms with Gasteiger partial charge in [0.1, 0.15) is 0 Å². The zero-order chi connectivity index (χ0) is 12.1. The molecule has 0 bridgehead atoms. The SMILES string of the molecule is CCC(=O)Oc1c(O)cccc1NC(C)=O.O. The lowest BCUT2D eigenvalue weighted by Gasteiger charge is -2.10. The average molecular weight is 241 g/mol. The van der Waals surface area contributed by atoms with Crippen LogP contribution in [0.5, 0.6) is 11.5 Å². The summed E-state index contributed by atoms with van der Waals surface area (Å²) in [5.41, 5.74) is 0.273. The molecule has 1 aromatic carbocycles. The molecule has 17 heavy (non-hydrogen) atoms. The Morgan fingerprint density at radius 1 is 1.41 bits per heavy atom. The van der Waals surface area contributed by atoms with Crippen molar-refractivity contribution in [3.05, 3.63) is 18.2 Å². The highest BCUT2D eigenvalue weighted by atomic mass is 16.5. The lowest BCUT2D eigenvalue weighted by atomic mass is 10.2. The first-order chi connectivity index (χ1) is 7.54. The van der Waals surface area contributed by atoms with Gasteiger partial charge in [-0.25, -0.2) is 0 Å². The zero-order valence-corrected chi connectivity index (χ0v) is 9.61. The second kappa shape index (κ2) is 6.49. The van der Waals surface area contributed by atoms with Crippen LogP contribution in [0.25, 0.3) is 0 Å². The van der Waals surface area contributed by atoms with E-state index in [0.29, 0.717) is 0 Å². The van der Waals surface area contributed by atoms with Crippen molar-refractivity contribution < 1.29 is 24.9 Å². The lowest BCUT2D eigenvalue weighted by molar-refractivity contribution is -0.134. The number of aromatic hydroxyl groups is 1.